The first kappa shape index (κ1) is 23.3. The Balaban J connectivity index is 1.46. The minimum atomic E-state index is -0.193. The van der Waals surface area contributed by atoms with Gasteiger partial charge in [0.15, 0.2) is 0 Å². The minimum Gasteiger partial charge on any atom is -0.351 e. The van der Waals surface area contributed by atoms with E-state index in [4.69, 9.17) is 4.98 Å². The van der Waals surface area contributed by atoms with Crippen molar-refractivity contribution < 1.29 is 9.59 Å². The summed E-state index contributed by atoms with van der Waals surface area (Å²) in [7, 11) is 0. The van der Waals surface area contributed by atoms with Crippen LogP contribution in [0.5, 0.6) is 0 Å². The van der Waals surface area contributed by atoms with E-state index in [9.17, 15) is 9.59 Å². The molecule has 1 saturated carbocycles. The Hall–Kier alpha value is -2.84. The largest absolute Gasteiger partial charge is 0.351 e. The zero-order valence-electron chi connectivity index (χ0n) is 19.7. The number of thiophene rings is 1. The van der Waals surface area contributed by atoms with Crippen molar-refractivity contribution in [3.63, 3.8) is 0 Å². The Morgan fingerprint density at radius 1 is 1.12 bits per heavy atom. The summed E-state index contributed by atoms with van der Waals surface area (Å²) in [6, 6.07) is 7.04. The predicted octanol–water partition coefficient (Wildman–Crippen LogP) is 4.51. The number of nitrogens with one attached hydrogen (secondary N) is 2. The summed E-state index contributed by atoms with van der Waals surface area (Å²) in [5.74, 6) is 1.03. The summed E-state index contributed by atoms with van der Waals surface area (Å²) in [4.78, 5) is 38.8. The van der Waals surface area contributed by atoms with Crippen molar-refractivity contribution in [1.29, 1.82) is 0 Å². The number of hydrogen-bond acceptors (Lipinski definition) is 6. The molecule has 0 radical (unpaired) electrons. The highest BCUT2D eigenvalue weighted by Crippen LogP contribution is 2.40. The van der Waals surface area contributed by atoms with E-state index in [-0.39, 0.29) is 11.8 Å². The third-order valence-corrected chi connectivity index (χ3v) is 7.31. The number of anilines is 1. The zero-order valence-corrected chi connectivity index (χ0v) is 20.5. The fourth-order valence-corrected chi connectivity index (χ4v) is 5.13. The van der Waals surface area contributed by atoms with E-state index in [0.717, 1.165) is 59.8 Å². The van der Waals surface area contributed by atoms with Crippen LogP contribution in [0.15, 0.2) is 24.3 Å². The first-order chi connectivity index (χ1) is 15.9. The van der Waals surface area contributed by atoms with Crippen LogP contribution in [-0.2, 0) is 0 Å². The Kier molecular flexibility index (Phi) is 7.05. The average molecular weight is 466 g/mol. The van der Waals surface area contributed by atoms with Gasteiger partial charge in [0.05, 0.1) is 10.6 Å². The molecule has 0 spiro atoms. The van der Waals surface area contributed by atoms with Gasteiger partial charge in [-0.05, 0) is 63.5 Å². The van der Waals surface area contributed by atoms with Crippen molar-refractivity contribution in [1.82, 2.24) is 20.2 Å². The molecule has 3 aromatic rings. The van der Waals surface area contributed by atoms with E-state index in [2.05, 4.69) is 34.4 Å². The number of aromatic nitrogens is 2. The van der Waals surface area contributed by atoms with E-state index in [0.29, 0.717) is 28.6 Å². The number of amides is 2. The number of fused-ring (bicyclic) bond motifs is 1. The minimum absolute atomic E-state index is 0.144. The molecule has 2 heterocycles. The molecule has 2 N–H and O–H groups in total. The Morgan fingerprint density at radius 3 is 2.58 bits per heavy atom. The normalized spacial score (nSPS) is 13.5. The van der Waals surface area contributed by atoms with E-state index >= 15 is 0 Å². The maximum atomic E-state index is 13.1. The van der Waals surface area contributed by atoms with Crippen LogP contribution >= 0.6 is 11.3 Å². The Morgan fingerprint density at radius 2 is 1.88 bits per heavy atom. The van der Waals surface area contributed by atoms with Gasteiger partial charge in [0.2, 0.25) is 0 Å². The first-order valence-electron chi connectivity index (χ1n) is 11.6. The molecule has 0 atom stereocenters. The van der Waals surface area contributed by atoms with Gasteiger partial charge in [-0.3, -0.25) is 9.59 Å². The van der Waals surface area contributed by atoms with Crippen molar-refractivity contribution in [2.45, 2.75) is 46.5 Å². The molecular formula is C25H31N5O2S. The van der Waals surface area contributed by atoms with Crippen molar-refractivity contribution in [3.05, 3.63) is 51.8 Å². The van der Waals surface area contributed by atoms with Crippen LogP contribution in [0.2, 0.25) is 0 Å². The van der Waals surface area contributed by atoms with Gasteiger partial charge in [0, 0.05) is 35.6 Å². The van der Waals surface area contributed by atoms with Crippen LogP contribution in [0.3, 0.4) is 0 Å². The van der Waals surface area contributed by atoms with Gasteiger partial charge in [-0.15, -0.1) is 11.3 Å². The number of nitrogens with zero attached hydrogens (tertiary/aromatic N) is 3. The summed E-state index contributed by atoms with van der Waals surface area (Å²) in [5, 5.41) is 6.88. The van der Waals surface area contributed by atoms with Crippen LogP contribution in [0.4, 0.5) is 5.69 Å². The molecule has 33 heavy (non-hydrogen) atoms. The second-order valence-electron chi connectivity index (χ2n) is 8.50. The lowest BCUT2D eigenvalue weighted by Gasteiger charge is -2.18. The highest BCUT2D eigenvalue weighted by atomic mass is 32.1. The summed E-state index contributed by atoms with van der Waals surface area (Å²) >= 11 is 1.41. The maximum Gasteiger partial charge on any atom is 0.266 e. The van der Waals surface area contributed by atoms with Crippen LogP contribution in [0.25, 0.3) is 10.2 Å². The van der Waals surface area contributed by atoms with E-state index < -0.39 is 0 Å². The average Bonchev–Trinajstić information content (AvgIpc) is 3.60. The maximum absolute atomic E-state index is 13.1. The predicted molar refractivity (Wildman–Crippen MR) is 133 cm³/mol. The summed E-state index contributed by atoms with van der Waals surface area (Å²) in [5.41, 5.74) is 2.95. The Labute approximate surface area is 198 Å². The Bertz CT molecular complexity index is 1180. The second kappa shape index (κ2) is 9.97. The summed E-state index contributed by atoms with van der Waals surface area (Å²) in [6.07, 6.45) is 2.28. The highest BCUT2D eigenvalue weighted by molar-refractivity contribution is 7.20. The number of benzene rings is 1. The molecule has 2 aromatic heterocycles. The lowest BCUT2D eigenvalue weighted by atomic mass is 10.1. The fourth-order valence-electron chi connectivity index (χ4n) is 4.00. The van der Waals surface area contributed by atoms with Gasteiger partial charge < -0.3 is 15.5 Å². The smallest absolute Gasteiger partial charge is 0.266 e. The van der Waals surface area contributed by atoms with Gasteiger partial charge in [0.1, 0.15) is 10.7 Å². The quantitative estimate of drug-likeness (QED) is 0.486. The lowest BCUT2D eigenvalue weighted by Crippen LogP contribution is -2.34. The molecule has 0 unspecified atom stereocenters. The van der Waals surface area contributed by atoms with Crippen LogP contribution < -0.4 is 10.6 Å². The number of rotatable bonds is 9. The molecule has 2 amide bonds. The van der Waals surface area contributed by atoms with Gasteiger partial charge in [-0.25, -0.2) is 9.97 Å². The molecule has 8 heteroatoms. The molecule has 0 saturated heterocycles. The summed E-state index contributed by atoms with van der Waals surface area (Å²) in [6.45, 7) is 11.5. The SMILES string of the molecule is CCN(CC)CCNC(=O)c1cccc(NC(=O)c2sc3nc(C4CC4)nc(C)c3c2C)c1. The third-order valence-electron chi connectivity index (χ3n) is 6.13. The first-order valence-corrected chi connectivity index (χ1v) is 12.4. The molecular weight excluding hydrogens is 434 g/mol. The lowest BCUT2D eigenvalue weighted by molar-refractivity contribution is 0.0947. The standard InChI is InChI=1S/C25H31N5O2S/c1-5-30(6-2)13-12-26-23(31)18-8-7-9-19(14-18)28-24(32)21-15(3)20-16(4)27-22(17-10-11-17)29-25(20)33-21/h7-9,14,17H,5-6,10-13H2,1-4H3,(H,26,31)(H,28,32). The zero-order chi connectivity index (χ0) is 23.5. The van der Waals surface area contributed by atoms with Crippen LogP contribution in [0, 0.1) is 13.8 Å². The second-order valence-corrected chi connectivity index (χ2v) is 9.49. The molecule has 7 nitrogen and oxygen atoms in total. The van der Waals surface area contributed by atoms with Crippen molar-refractivity contribution in [3.8, 4) is 0 Å². The number of carbonyl (C=O) groups is 2. The number of carbonyl (C=O) groups excluding carboxylic acids is 2. The molecule has 1 aliphatic carbocycles. The molecule has 0 bridgehead atoms. The number of aryl methyl sites for hydroxylation is 2. The van der Waals surface area contributed by atoms with E-state index in [1.165, 1.54) is 11.3 Å². The molecule has 1 fully saturated rings. The third kappa shape index (κ3) is 5.23. The monoisotopic (exact) mass is 465 g/mol. The van der Waals surface area contributed by atoms with Gasteiger partial charge in [-0.1, -0.05) is 19.9 Å². The fraction of sp³-hybridized carbons (Fsp3) is 0.440. The van der Waals surface area contributed by atoms with Crippen molar-refractivity contribution in [2.24, 2.45) is 0 Å². The molecule has 174 valence electrons. The molecule has 0 aliphatic heterocycles. The molecule has 1 aromatic carbocycles. The molecule has 4 rings (SSSR count). The van der Waals surface area contributed by atoms with Crippen molar-refractivity contribution >= 4 is 39.1 Å². The van der Waals surface area contributed by atoms with E-state index in [1.807, 2.05) is 13.8 Å². The van der Waals surface area contributed by atoms with Crippen LogP contribution in [-0.4, -0.2) is 52.9 Å². The highest BCUT2D eigenvalue weighted by Gasteiger charge is 2.28. The van der Waals surface area contributed by atoms with E-state index in [1.54, 1.807) is 24.3 Å². The van der Waals surface area contributed by atoms with Crippen molar-refractivity contribution in [2.75, 3.05) is 31.5 Å². The molecule has 1 aliphatic rings. The number of hydrogen-bond donors (Lipinski definition) is 2. The van der Waals surface area contributed by atoms with Gasteiger partial charge >= 0.3 is 0 Å². The number of likely N-dealkylation sites (N-methyl/N-ethyl adjacent to an activating group) is 1. The summed E-state index contributed by atoms with van der Waals surface area (Å²) < 4.78 is 0. The van der Waals surface area contributed by atoms with Gasteiger partial charge in [-0.2, -0.15) is 0 Å². The topological polar surface area (TPSA) is 87.2 Å². The van der Waals surface area contributed by atoms with Gasteiger partial charge in [0.25, 0.3) is 11.8 Å². The van der Waals surface area contributed by atoms with Crippen LogP contribution in [0.1, 0.15) is 69.7 Å².